The fourth-order valence-electron chi connectivity index (χ4n) is 2.46. The molecule has 15 heavy (non-hydrogen) atoms. The molecule has 3 nitrogen and oxygen atoms in total. The van der Waals surface area contributed by atoms with Crippen LogP contribution >= 0.6 is 0 Å². The van der Waals surface area contributed by atoms with Crippen molar-refractivity contribution in [2.45, 2.75) is 38.3 Å². The molecule has 1 N–H and O–H groups in total. The zero-order valence-corrected chi connectivity index (χ0v) is 10.0. The zero-order chi connectivity index (χ0) is 10.7. The summed E-state index contributed by atoms with van der Waals surface area (Å²) in [4.78, 5) is 2.35. The molecule has 3 unspecified atom stereocenters. The lowest BCUT2D eigenvalue weighted by Gasteiger charge is -2.30. The lowest BCUT2D eigenvalue weighted by Crippen LogP contribution is -2.45. The summed E-state index contributed by atoms with van der Waals surface area (Å²) in [7, 11) is 2.17. The number of nitrogens with one attached hydrogen (secondary N) is 1. The van der Waals surface area contributed by atoms with Crippen LogP contribution in [0, 0.1) is 5.92 Å². The van der Waals surface area contributed by atoms with Crippen LogP contribution in [0.5, 0.6) is 0 Å². The lowest BCUT2D eigenvalue weighted by atomic mass is 10.2. The summed E-state index contributed by atoms with van der Waals surface area (Å²) in [6.07, 6.45) is 4.51. The number of likely N-dealkylation sites (N-methyl/N-ethyl adjacent to an activating group) is 1. The predicted octanol–water partition coefficient (Wildman–Crippen LogP) is 1.10. The molecule has 0 aromatic carbocycles. The summed E-state index contributed by atoms with van der Waals surface area (Å²) in [6, 6.07) is 0.792. The van der Waals surface area contributed by atoms with Crippen LogP contribution in [-0.4, -0.2) is 50.3 Å². The minimum absolute atomic E-state index is 0.409. The van der Waals surface area contributed by atoms with Gasteiger partial charge in [-0.25, -0.2) is 0 Å². The highest BCUT2D eigenvalue weighted by molar-refractivity contribution is 4.93. The van der Waals surface area contributed by atoms with E-state index in [1.165, 1.54) is 19.3 Å². The molecule has 3 atom stereocenters. The number of ether oxygens (including phenoxy) is 1. The molecule has 0 amide bonds. The van der Waals surface area contributed by atoms with Crippen molar-refractivity contribution in [3.8, 4) is 0 Å². The number of hydrogen-bond donors (Lipinski definition) is 1. The highest BCUT2D eigenvalue weighted by Crippen LogP contribution is 2.34. The average Bonchev–Trinajstić information content (AvgIpc) is 2.95. The maximum atomic E-state index is 5.72. The van der Waals surface area contributed by atoms with E-state index >= 15 is 0 Å². The van der Waals surface area contributed by atoms with Crippen molar-refractivity contribution in [1.82, 2.24) is 10.2 Å². The maximum absolute atomic E-state index is 5.72. The second kappa shape index (κ2) is 5.28. The Hall–Kier alpha value is -0.120. The molecule has 1 saturated carbocycles. The Bertz CT molecular complexity index is 198. The normalized spacial score (nSPS) is 36.8. The van der Waals surface area contributed by atoms with Gasteiger partial charge in [0.15, 0.2) is 0 Å². The fourth-order valence-corrected chi connectivity index (χ4v) is 2.46. The minimum Gasteiger partial charge on any atom is -0.374 e. The third kappa shape index (κ3) is 3.44. The van der Waals surface area contributed by atoms with Crippen LogP contribution in [0.1, 0.15) is 26.2 Å². The summed E-state index contributed by atoms with van der Waals surface area (Å²) in [5, 5.41) is 3.63. The Morgan fingerprint density at radius 2 is 2.33 bits per heavy atom. The molecule has 0 bridgehead atoms. The third-order valence-corrected chi connectivity index (χ3v) is 3.53. The Morgan fingerprint density at radius 1 is 1.47 bits per heavy atom. The van der Waals surface area contributed by atoms with Gasteiger partial charge in [-0.1, -0.05) is 13.3 Å². The van der Waals surface area contributed by atoms with Crippen LogP contribution in [-0.2, 0) is 4.74 Å². The van der Waals surface area contributed by atoms with Crippen molar-refractivity contribution in [2.75, 3.05) is 33.3 Å². The molecule has 0 spiro atoms. The average molecular weight is 212 g/mol. The first-order valence-corrected chi connectivity index (χ1v) is 6.33. The van der Waals surface area contributed by atoms with Crippen molar-refractivity contribution in [3.05, 3.63) is 0 Å². The van der Waals surface area contributed by atoms with Crippen molar-refractivity contribution < 1.29 is 4.74 Å². The molecule has 2 fully saturated rings. The van der Waals surface area contributed by atoms with E-state index in [1.54, 1.807) is 0 Å². The van der Waals surface area contributed by atoms with E-state index in [9.17, 15) is 0 Å². The van der Waals surface area contributed by atoms with Crippen molar-refractivity contribution in [2.24, 2.45) is 5.92 Å². The monoisotopic (exact) mass is 212 g/mol. The first-order chi connectivity index (χ1) is 7.29. The maximum Gasteiger partial charge on any atom is 0.0826 e. The molecule has 88 valence electrons. The van der Waals surface area contributed by atoms with E-state index in [0.717, 1.165) is 38.2 Å². The molecule has 1 aliphatic carbocycles. The molecule has 1 aliphatic heterocycles. The van der Waals surface area contributed by atoms with Crippen LogP contribution < -0.4 is 5.32 Å². The smallest absolute Gasteiger partial charge is 0.0826 e. The Morgan fingerprint density at radius 3 is 3.07 bits per heavy atom. The highest BCUT2D eigenvalue weighted by atomic mass is 16.5. The van der Waals surface area contributed by atoms with Gasteiger partial charge in [-0.05, 0) is 25.8 Å². The molecule has 0 radical (unpaired) electrons. The summed E-state index contributed by atoms with van der Waals surface area (Å²) in [5.41, 5.74) is 0. The first kappa shape index (κ1) is 11.4. The van der Waals surface area contributed by atoms with Gasteiger partial charge >= 0.3 is 0 Å². The van der Waals surface area contributed by atoms with Gasteiger partial charge in [-0.2, -0.15) is 0 Å². The summed E-state index contributed by atoms with van der Waals surface area (Å²) < 4.78 is 5.72. The van der Waals surface area contributed by atoms with Crippen LogP contribution in [0.25, 0.3) is 0 Å². The van der Waals surface area contributed by atoms with E-state index in [-0.39, 0.29) is 0 Å². The van der Waals surface area contributed by atoms with Gasteiger partial charge in [-0.3, -0.25) is 0 Å². The Balaban J connectivity index is 1.58. The molecule has 0 aromatic heterocycles. The van der Waals surface area contributed by atoms with E-state index in [2.05, 4.69) is 24.2 Å². The summed E-state index contributed by atoms with van der Waals surface area (Å²) >= 11 is 0. The molecule has 0 aromatic rings. The van der Waals surface area contributed by atoms with Crippen molar-refractivity contribution in [1.29, 1.82) is 0 Å². The fraction of sp³-hybridized carbons (Fsp3) is 1.00. The van der Waals surface area contributed by atoms with Crippen LogP contribution in [0.2, 0.25) is 0 Å². The predicted molar refractivity (Wildman–Crippen MR) is 62.0 cm³/mol. The topological polar surface area (TPSA) is 24.5 Å². The Labute approximate surface area is 93.2 Å². The lowest BCUT2D eigenvalue weighted by molar-refractivity contribution is -0.0183. The number of nitrogens with zero attached hydrogens (tertiary/aromatic N) is 1. The van der Waals surface area contributed by atoms with Gasteiger partial charge in [0.1, 0.15) is 0 Å². The molecule has 2 aliphatic rings. The van der Waals surface area contributed by atoms with E-state index in [1.807, 2.05) is 0 Å². The van der Waals surface area contributed by atoms with E-state index in [4.69, 9.17) is 4.74 Å². The van der Waals surface area contributed by atoms with Crippen molar-refractivity contribution >= 4 is 0 Å². The van der Waals surface area contributed by atoms with Crippen molar-refractivity contribution in [3.63, 3.8) is 0 Å². The summed E-state index contributed by atoms with van der Waals surface area (Å²) in [6.45, 7) is 6.37. The van der Waals surface area contributed by atoms with Crippen LogP contribution in [0.3, 0.4) is 0 Å². The van der Waals surface area contributed by atoms with Gasteiger partial charge in [0.2, 0.25) is 0 Å². The number of rotatable bonds is 5. The van der Waals surface area contributed by atoms with Crippen LogP contribution in [0.15, 0.2) is 0 Å². The SMILES string of the molecule is CCCC1CC1NCC1CN(C)CCO1. The first-order valence-electron chi connectivity index (χ1n) is 6.33. The van der Waals surface area contributed by atoms with Gasteiger partial charge in [0.25, 0.3) is 0 Å². The van der Waals surface area contributed by atoms with E-state index < -0.39 is 0 Å². The molecular weight excluding hydrogens is 188 g/mol. The second-order valence-corrected chi connectivity index (χ2v) is 5.05. The highest BCUT2D eigenvalue weighted by Gasteiger charge is 2.35. The van der Waals surface area contributed by atoms with Crippen LogP contribution in [0.4, 0.5) is 0 Å². The molecule has 3 heteroatoms. The van der Waals surface area contributed by atoms with Gasteiger partial charge < -0.3 is 15.0 Å². The largest absolute Gasteiger partial charge is 0.374 e. The zero-order valence-electron chi connectivity index (χ0n) is 10.0. The Kier molecular flexibility index (Phi) is 4.00. The van der Waals surface area contributed by atoms with E-state index in [0.29, 0.717) is 6.10 Å². The molecule has 1 heterocycles. The van der Waals surface area contributed by atoms with Gasteiger partial charge in [-0.15, -0.1) is 0 Å². The molecule has 2 rings (SSSR count). The van der Waals surface area contributed by atoms with Gasteiger partial charge in [0, 0.05) is 25.7 Å². The molecular formula is C12H24N2O. The standard InChI is InChI=1S/C12H24N2O/c1-3-4-10-7-12(10)13-8-11-9-14(2)5-6-15-11/h10-13H,3-9H2,1-2H3. The molecule has 1 saturated heterocycles. The third-order valence-electron chi connectivity index (χ3n) is 3.53. The number of hydrogen-bond acceptors (Lipinski definition) is 3. The quantitative estimate of drug-likeness (QED) is 0.738. The summed E-state index contributed by atoms with van der Waals surface area (Å²) in [5.74, 6) is 0.955. The minimum atomic E-state index is 0.409. The number of morpholine rings is 1. The second-order valence-electron chi connectivity index (χ2n) is 5.05. The van der Waals surface area contributed by atoms with Gasteiger partial charge in [0.05, 0.1) is 12.7 Å².